The van der Waals surface area contributed by atoms with Crippen LogP contribution in [0.5, 0.6) is 0 Å². The summed E-state index contributed by atoms with van der Waals surface area (Å²) < 4.78 is 1.69. The number of nitrogens with zero attached hydrogens (tertiary/aromatic N) is 3. The van der Waals surface area contributed by atoms with Gasteiger partial charge in [0.15, 0.2) is 0 Å². The molecule has 0 unspecified atom stereocenters. The Morgan fingerprint density at radius 1 is 0.933 bits per heavy atom. The zero-order valence-electron chi connectivity index (χ0n) is 16.3. The molecule has 0 aliphatic carbocycles. The van der Waals surface area contributed by atoms with Crippen molar-refractivity contribution in [2.24, 2.45) is 7.05 Å². The number of hydrogen-bond acceptors (Lipinski definition) is 3. The summed E-state index contributed by atoms with van der Waals surface area (Å²) in [5, 5.41) is 2.93. The number of carbonyl (C=O) groups excluding carboxylic acids is 1. The smallest absolute Gasteiger partial charge is 0.273 e. The zero-order valence-corrected chi connectivity index (χ0v) is 16.3. The first-order valence-electron chi connectivity index (χ1n) is 9.61. The van der Waals surface area contributed by atoms with Crippen LogP contribution in [0.25, 0.3) is 33.5 Å². The van der Waals surface area contributed by atoms with E-state index < -0.39 is 0 Å². The third kappa shape index (κ3) is 3.35. The van der Waals surface area contributed by atoms with Crippen molar-refractivity contribution >= 4 is 22.6 Å². The highest BCUT2D eigenvalue weighted by Crippen LogP contribution is 2.26. The van der Waals surface area contributed by atoms with Gasteiger partial charge in [-0.1, -0.05) is 48.5 Å². The van der Waals surface area contributed by atoms with Crippen LogP contribution in [-0.4, -0.2) is 25.4 Å². The molecular formula is C24H19N5O. The third-order valence-corrected chi connectivity index (χ3v) is 5.05. The Labute approximate surface area is 173 Å². The van der Waals surface area contributed by atoms with E-state index in [9.17, 15) is 4.79 Å². The molecule has 0 aliphatic heterocycles. The number of H-pyrrole nitrogens is 1. The first kappa shape index (κ1) is 17.9. The van der Waals surface area contributed by atoms with E-state index in [-0.39, 0.29) is 5.91 Å². The highest BCUT2D eigenvalue weighted by Gasteiger charge is 2.11. The minimum absolute atomic E-state index is 0.188. The number of rotatable bonds is 4. The van der Waals surface area contributed by atoms with Gasteiger partial charge in [0.05, 0.1) is 23.6 Å². The predicted molar refractivity (Wildman–Crippen MR) is 118 cm³/mol. The molecule has 0 saturated heterocycles. The number of aromatic amines is 1. The van der Waals surface area contributed by atoms with Crippen molar-refractivity contribution in [3.63, 3.8) is 0 Å². The molecule has 2 aromatic heterocycles. The number of benzene rings is 3. The van der Waals surface area contributed by atoms with E-state index in [1.807, 2.05) is 60.7 Å². The van der Waals surface area contributed by atoms with Crippen molar-refractivity contribution in [3.8, 4) is 22.5 Å². The van der Waals surface area contributed by atoms with Crippen LogP contribution in [0.1, 0.15) is 10.5 Å². The number of imidazole rings is 2. The van der Waals surface area contributed by atoms with Gasteiger partial charge >= 0.3 is 0 Å². The average Bonchev–Trinajstić information content (AvgIpc) is 3.40. The Hall–Kier alpha value is -4.19. The van der Waals surface area contributed by atoms with E-state index in [2.05, 4.69) is 32.4 Å². The fourth-order valence-corrected chi connectivity index (χ4v) is 3.46. The van der Waals surface area contributed by atoms with Crippen LogP contribution in [0.4, 0.5) is 5.69 Å². The lowest BCUT2D eigenvalue weighted by Crippen LogP contribution is -2.15. The maximum absolute atomic E-state index is 12.4. The van der Waals surface area contributed by atoms with Crippen LogP contribution < -0.4 is 5.32 Å². The van der Waals surface area contributed by atoms with E-state index in [0.29, 0.717) is 5.69 Å². The van der Waals surface area contributed by atoms with Crippen LogP contribution in [0, 0.1) is 0 Å². The second-order valence-corrected chi connectivity index (χ2v) is 7.10. The third-order valence-electron chi connectivity index (χ3n) is 5.05. The number of aromatic nitrogens is 4. The lowest BCUT2D eigenvalue weighted by molar-refractivity contribution is 0.101. The molecule has 2 heterocycles. The monoisotopic (exact) mass is 393 g/mol. The molecule has 6 nitrogen and oxygen atoms in total. The number of carbonyl (C=O) groups is 1. The molecule has 146 valence electrons. The van der Waals surface area contributed by atoms with Crippen LogP contribution >= 0.6 is 0 Å². The lowest BCUT2D eigenvalue weighted by atomic mass is 10.0. The fraction of sp³-hybridized carbons (Fsp3) is 0.0417. The van der Waals surface area contributed by atoms with Gasteiger partial charge in [0.25, 0.3) is 5.91 Å². The first-order chi connectivity index (χ1) is 14.7. The summed E-state index contributed by atoms with van der Waals surface area (Å²) in [6, 6.07) is 24.0. The number of para-hydroxylation sites is 2. The number of amides is 1. The lowest BCUT2D eigenvalue weighted by Gasteiger charge is -2.08. The molecule has 0 bridgehead atoms. The molecule has 6 heteroatoms. The van der Waals surface area contributed by atoms with Crippen molar-refractivity contribution in [2.75, 3.05) is 5.32 Å². The quantitative estimate of drug-likeness (QED) is 0.457. The van der Waals surface area contributed by atoms with E-state index in [1.165, 1.54) is 0 Å². The van der Waals surface area contributed by atoms with Crippen molar-refractivity contribution in [3.05, 3.63) is 91.0 Å². The minimum Gasteiger partial charge on any atom is -0.338 e. The highest BCUT2D eigenvalue weighted by atomic mass is 16.2. The van der Waals surface area contributed by atoms with Gasteiger partial charge in [-0.15, -0.1) is 0 Å². The number of aryl methyl sites for hydroxylation is 1. The molecule has 0 aliphatic rings. The van der Waals surface area contributed by atoms with E-state index in [4.69, 9.17) is 0 Å². The Bertz CT molecular complexity index is 1310. The van der Waals surface area contributed by atoms with Gasteiger partial charge in [0, 0.05) is 18.3 Å². The number of nitrogens with one attached hydrogen (secondary N) is 2. The van der Waals surface area contributed by atoms with Gasteiger partial charge in [-0.3, -0.25) is 4.79 Å². The second-order valence-electron chi connectivity index (χ2n) is 7.10. The normalized spacial score (nSPS) is 11.0. The molecule has 0 saturated carbocycles. The van der Waals surface area contributed by atoms with Crippen LogP contribution in [0.15, 0.2) is 85.3 Å². The van der Waals surface area contributed by atoms with E-state index in [0.717, 1.165) is 39.2 Å². The Morgan fingerprint density at radius 2 is 1.73 bits per heavy atom. The number of fused-ring (bicyclic) bond motifs is 1. The predicted octanol–water partition coefficient (Wildman–Crippen LogP) is 4.88. The summed E-state index contributed by atoms with van der Waals surface area (Å²) in [6.07, 6.45) is 3.16. The van der Waals surface area contributed by atoms with Gasteiger partial charge in [0.2, 0.25) is 0 Å². The van der Waals surface area contributed by atoms with Gasteiger partial charge in [-0.2, -0.15) is 0 Å². The summed E-state index contributed by atoms with van der Waals surface area (Å²) in [7, 11) is 1.79. The van der Waals surface area contributed by atoms with Crippen molar-refractivity contribution in [1.82, 2.24) is 19.5 Å². The zero-order chi connectivity index (χ0) is 20.5. The number of anilines is 1. The number of hydrogen-bond donors (Lipinski definition) is 2. The average molecular weight is 393 g/mol. The molecule has 3 aromatic carbocycles. The SMILES string of the molecule is Cn1cncc1C(=O)Nc1cccc(-c2ccc(-c3nc4ccccc4[nH]3)cc2)c1. The molecule has 0 spiro atoms. The second kappa shape index (κ2) is 7.33. The van der Waals surface area contributed by atoms with E-state index in [1.54, 1.807) is 24.1 Å². The summed E-state index contributed by atoms with van der Waals surface area (Å²) in [5.74, 6) is 0.660. The van der Waals surface area contributed by atoms with Crippen molar-refractivity contribution < 1.29 is 4.79 Å². The molecule has 0 atom stereocenters. The Morgan fingerprint density at radius 3 is 2.50 bits per heavy atom. The molecule has 2 N–H and O–H groups in total. The molecule has 5 aromatic rings. The molecule has 1 amide bonds. The van der Waals surface area contributed by atoms with E-state index >= 15 is 0 Å². The standard InChI is InChI=1S/C24H19N5O/c1-29-15-25-14-22(29)24(30)26-19-6-4-5-18(13-19)16-9-11-17(12-10-16)23-27-20-7-2-3-8-21(20)28-23/h2-15H,1H3,(H,26,30)(H,27,28). The van der Waals surface area contributed by atoms with Crippen LogP contribution in [0.2, 0.25) is 0 Å². The molecule has 0 radical (unpaired) electrons. The maximum atomic E-state index is 12.4. The summed E-state index contributed by atoms with van der Waals surface area (Å²) >= 11 is 0. The topological polar surface area (TPSA) is 75.6 Å². The maximum Gasteiger partial charge on any atom is 0.273 e. The molecule has 5 rings (SSSR count). The van der Waals surface area contributed by atoms with Gasteiger partial charge < -0.3 is 14.9 Å². The van der Waals surface area contributed by atoms with Crippen molar-refractivity contribution in [2.45, 2.75) is 0 Å². The fourth-order valence-electron chi connectivity index (χ4n) is 3.46. The van der Waals surface area contributed by atoms with Gasteiger partial charge in [0.1, 0.15) is 11.5 Å². The summed E-state index contributed by atoms with van der Waals surface area (Å²) in [5.41, 5.74) is 6.33. The summed E-state index contributed by atoms with van der Waals surface area (Å²) in [4.78, 5) is 24.4. The van der Waals surface area contributed by atoms with Crippen LogP contribution in [-0.2, 0) is 7.05 Å². The first-order valence-corrected chi connectivity index (χ1v) is 9.61. The summed E-state index contributed by atoms with van der Waals surface area (Å²) in [6.45, 7) is 0. The van der Waals surface area contributed by atoms with Crippen molar-refractivity contribution in [1.29, 1.82) is 0 Å². The van der Waals surface area contributed by atoms with Gasteiger partial charge in [-0.05, 0) is 35.4 Å². The Balaban J connectivity index is 1.38. The molecule has 30 heavy (non-hydrogen) atoms. The minimum atomic E-state index is -0.188. The van der Waals surface area contributed by atoms with Crippen LogP contribution in [0.3, 0.4) is 0 Å². The molecule has 0 fully saturated rings. The molecular weight excluding hydrogens is 374 g/mol. The Kier molecular flexibility index (Phi) is 4.37. The highest BCUT2D eigenvalue weighted by molar-refractivity contribution is 6.03. The van der Waals surface area contributed by atoms with Gasteiger partial charge in [-0.25, -0.2) is 9.97 Å². The largest absolute Gasteiger partial charge is 0.338 e.